The lowest BCUT2D eigenvalue weighted by Crippen LogP contribution is -2.03. The highest BCUT2D eigenvalue weighted by Gasteiger charge is 2.10. The molecule has 2 aromatic heterocycles. The molecule has 0 saturated carbocycles. The zero-order valence-corrected chi connectivity index (χ0v) is 11.8. The molecule has 2 heterocycles. The van der Waals surface area contributed by atoms with Gasteiger partial charge in [0.2, 0.25) is 5.16 Å². The van der Waals surface area contributed by atoms with E-state index in [4.69, 9.17) is 9.68 Å². The number of rotatable bonds is 5. The number of benzene rings is 1. The van der Waals surface area contributed by atoms with Gasteiger partial charge in [0.25, 0.3) is 0 Å². The Bertz CT molecular complexity index is 760. The Hall–Kier alpha value is -2.59. The number of nitrogens with zero attached hydrogens (tertiary/aromatic N) is 5. The third-order valence-corrected chi connectivity index (χ3v) is 3.89. The Kier molecular flexibility index (Phi) is 3.98. The first-order valence-electron chi connectivity index (χ1n) is 6.26. The van der Waals surface area contributed by atoms with Crippen LogP contribution in [0, 0.1) is 11.3 Å². The first kappa shape index (κ1) is 13.4. The van der Waals surface area contributed by atoms with Crippen LogP contribution in [0.1, 0.15) is 16.9 Å². The molecule has 6 nitrogen and oxygen atoms in total. The van der Waals surface area contributed by atoms with E-state index in [-0.39, 0.29) is 0 Å². The Morgan fingerprint density at radius 1 is 1.24 bits per heavy atom. The lowest BCUT2D eigenvalue weighted by Gasteiger charge is -2.04. The van der Waals surface area contributed by atoms with E-state index >= 15 is 0 Å². The third kappa shape index (κ3) is 3.12. The van der Waals surface area contributed by atoms with Crippen LogP contribution in [0.5, 0.6) is 0 Å². The molecule has 3 rings (SSSR count). The fourth-order valence-electron chi connectivity index (χ4n) is 1.85. The van der Waals surface area contributed by atoms with Crippen molar-refractivity contribution in [1.29, 1.82) is 5.26 Å². The molecule has 0 amide bonds. The molecule has 0 atom stereocenters. The van der Waals surface area contributed by atoms with Crippen LogP contribution in [-0.2, 0) is 12.3 Å². The number of nitriles is 1. The van der Waals surface area contributed by atoms with Gasteiger partial charge in [-0.2, -0.15) is 5.26 Å². The number of hydrogen-bond donors (Lipinski definition) is 0. The molecule has 0 spiro atoms. The number of thioether (sulfide) groups is 1. The molecule has 0 N–H and O–H groups in total. The van der Waals surface area contributed by atoms with Crippen molar-refractivity contribution in [2.75, 3.05) is 0 Å². The third-order valence-electron chi connectivity index (χ3n) is 2.88. The molecular weight excluding hydrogens is 286 g/mol. The van der Waals surface area contributed by atoms with Crippen LogP contribution in [0.3, 0.4) is 0 Å². The molecule has 1 aromatic carbocycles. The van der Waals surface area contributed by atoms with Gasteiger partial charge in [-0.15, -0.1) is 5.10 Å². The van der Waals surface area contributed by atoms with Crippen molar-refractivity contribution in [3.63, 3.8) is 0 Å². The predicted octanol–water partition coefficient (Wildman–Crippen LogP) is 2.48. The summed E-state index contributed by atoms with van der Waals surface area (Å²) < 4.78 is 6.97. The van der Waals surface area contributed by atoms with E-state index < -0.39 is 0 Å². The van der Waals surface area contributed by atoms with Gasteiger partial charge in [-0.25, -0.2) is 4.68 Å². The molecule has 0 aliphatic heterocycles. The van der Waals surface area contributed by atoms with Crippen molar-refractivity contribution in [3.05, 3.63) is 59.5 Å². The van der Waals surface area contributed by atoms with E-state index in [0.29, 0.717) is 23.0 Å². The highest BCUT2D eigenvalue weighted by Crippen LogP contribution is 2.22. The summed E-state index contributed by atoms with van der Waals surface area (Å²) >= 11 is 1.49. The minimum atomic E-state index is 0.488. The summed E-state index contributed by atoms with van der Waals surface area (Å²) in [4.78, 5) is 0. The van der Waals surface area contributed by atoms with Crippen LogP contribution in [0.25, 0.3) is 0 Å². The molecule has 0 bridgehead atoms. The van der Waals surface area contributed by atoms with E-state index in [1.54, 1.807) is 10.9 Å². The van der Waals surface area contributed by atoms with Crippen molar-refractivity contribution >= 4 is 11.8 Å². The molecule has 0 unspecified atom stereocenters. The Labute approximate surface area is 125 Å². The van der Waals surface area contributed by atoms with Crippen molar-refractivity contribution in [2.45, 2.75) is 17.5 Å². The lowest BCUT2D eigenvalue weighted by molar-refractivity contribution is 0.462. The van der Waals surface area contributed by atoms with E-state index in [0.717, 1.165) is 11.3 Å². The molecule has 0 radical (unpaired) electrons. The number of aromatic nitrogens is 4. The average Bonchev–Trinajstić information content (AvgIpc) is 3.18. The molecule has 3 aromatic rings. The lowest BCUT2D eigenvalue weighted by atomic mass is 10.1. The fourth-order valence-corrected chi connectivity index (χ4v) is 2.73. The number of tetrazole rings is 1. The van der Waals surface area contributed by atoms with Gasteiger partial charge in [0, 0.05) is 5.75 Å². The number of hydrogen-bond acceptors (Lipinski definition) is 6. The summed E-state index contributed by atoms with van der Waals surface area (Å²) in [5, 5.41) is 21.4. The van der Waals surface area contributed by atoms with Crippen LogP contribution < -0.4 is 0 Å². The van der Waals surface area contributed by atoms with Crippen molar-refractivity contribution in [3.8, 4) is 6.07 Å². The van der Waals surface area contributed by atoms with Gasteiger partial charge in [0.15, 0.2) is 0 Å². The highest BCUT2D eigenvalue weighted by atomic mass is 32.2. The second-order valence-corrected chi connectivity index (χ2v) is 5.20. The largest absolute Gasteiger partial charge is 0.467 e. The summed E-state index contributed by atoms with van der Waals surface area (Å²) in [6.45, 7) is 0.488. The van der Waals surface area contributed by atoms with Crippen molar-refractivity contribution in [1.82, 2.24) is 20.2 Å². The minimum Gasteiger partial charge on any atom is -0.467 e. The van der Waals surface area contributed by atoms with E-state index in [2.05, 4.69) is 21.6 Å². The first-order chi connectivity index (χ1) is 10.4. The van der Waals surface area contributed by atoms with Crippen LogP contribution in [0.2, 0.25) is 0 Å². The molecule has 0 aliphatic carbocycles. The second-order valence-electron chi connectivity index (χ2n) is 4.26. The van der Waals surface area contributed by atoms with Crippen LogP contribution in [-0.4, -0.2) is 20.2 Å². The van der Waals surface area contributed by atoms with Gasteiger partial charge in [0.05, 0.1) is 17.9 Å². The SMILES string of the molecule is N#Cc1ccccc1CSc1nnnn1Cc1ccco1. The Morgan fingerprint density at radius 2 is 2.14 bits per heavy atom. The zero-order chi connectivity index (χ0) is 14.5. The highest BCUT2D eigenvalue weighted by molar-refractivity contribution is 7.98. The zero-order valence-electron chi connectivity index (χ0n) is 11.0. The molecule has 7 heteroatoms. The molecule has 0 fully saturated rings. The second kappa shape index (κ2) is 6.24. The smallest absolute Gasteiger partial charge is 0.210 e. The van der Waals surface area contributed by atoms with Gasteiger partial charge < -0.3 is 4.42 Å². The molecule has 21 heavy (non-hydrogen) atoms. The van der Waals surface area contributed by atoms with Gasteiger partial charge >= 0.3 is 0 Å². The maximum atomic E-state index is 9.08. The Morgan fingerprint density at radius 3 is 2.95 bits per heavy atom. The van der Waals surface area contributed by atoms with Gasteiger partial charge in [-0.1, -0.05) is 30.0 Å². The Balaban J connectivity index is 1.72. The summed E-state index contributed by atoms with van der Waals surface area (Å²) in [6, 6.07) is 13.4. The molecule has 104 valence electrons. The molecule has 0 saturated heterocycles. The van der Waals surface area contributed by atoms with Crippen molar-refractivity contribution in [2.24, 2.45) is 0 Å². The maximum absolute atomic E-state index is 9.08. The normalized spacial score (nSPS) is 10.4. The van der Waals surface area contributed by atoms with Crippen LogP contribution in [0.4, 0.5) is 0 Å². The summed E-state index contributed by atoms with van der Waals surface area (Å²) in [5.41, 5.74) is 1.65. The molecular formula is C14H11N5OS. The van der Waals surface area contributed by atoms with E-state index in [9.17, 15) is 0 Å². The van der Waals surface area contributed by atoms with Crippen molar-refractivity contribution < 1.29 is 4.42 Å². The minimum absolute atomic E-state index is 0.488. The average molecular weight is 297 g/mol. The summed E-state index contributed by atoms with van der Waals surface area (Å²) in [6.07, 6.45) is 1.62. The van der Waals surface area contributed by atoms with Gasteiger partial charge in [-0.3, -0.25) is 0 Å². The quantitative estimate of drug-likeness (QED) is 0.673. The summed E-state index contributed by atoms with van der Waals surface area (Å²) in [5.74, 6) is 1.43. The maximum Gasteiger partial charge on any atom is 0.210 e. The fraction of sp³-hybridized carbons (Fsp3) is 0.143. The summed E-state index contributed by atoms with van der Waals surface area (Å²) in [7, 11) is 0. The first-order valence-corrected chi connectivity index (χ1v) is 7.25. The van der Waals surface area contributed by atoms with Crippen LogP contribution >= 0.6 is 11.8 Å². The topological polar surface area (TPSA) is 80.5 Å². The van der Waals surface area contributed by atoms with Gasteiger partial charge in [0.1, 0.15) is 12.3 Å². The number of furan rings is 1. The monoisotopic (exact) mass is 297 g/mol. The van der Waals surface area contributed by atoms with Gasteiger partial charge in [-0.05, 0) is 34.2 Å². The van der Waals surface area contributed by atoms with Crippen LogP contribution in [0.15, 0.2) is 52.2 Å². The predicted molar refractivity (Wildman–Crippen MR) is 76.3 cm³/mol. The molecule has 0 aliphatic rings. The van der Waals surface area contributed by atoms with E-state index in [1.165, 1.54) is 11.8 Å². The standard InChI is InChI=1S/C14H11N5OS/c15-8-11-4-1-2-5-12(11)10-21-14-16-17-18-19(14)9-13-6-3-7-20-13/h1-7H,9-10H2. The van der Waals surface area contributed by atoms with E-state index in [1.807, 2.05) is 36.4 Å².